The van der Waals surface area contributed by atoms with E-state index < -0.39 is 22.6 Å². The number of methoxy groups -OCH3 is 1. The largest absolute Gasteiger partial charge is 0.495 e. The molecule has 1 aliphatic rings. The lowest BCUT2D eigenvalue weighted by atomic mass is 10.2. The van der Waals surface area contributed by atoms with Gasteiger partial charge in [0.1, 0.15) is 10.6 Å². The predicted octanol–water partition coefficient (Wildman–Crippen LogP) is 1.09. The van der Waals surface area contributed by atoms with Gasteiger partial charge in [0.2, 0.25) is 0 Å². The van der Waals surface area contributed by atoms with E-state index in [1.54, 1.807) is 0 Å². The van der Waals surface area contributed by atoms with Gasteiger partial charge in [-0.25, -0.2) is 13.2 Å². The van der Waals surface area contributed by atoms with Crippen LogP contribution in [0.1, 0.15) is 36.0 Å². The quantitative estimate of drug-likeness (QED) is 0.514. The fourth-order valence-corrected chi connectivity index (χ4v) is 3.95. The highest BCUT2D eigenvalue weighted by Crippen LogP contribution is 2.27. The van der Waals surface area contributed by atoms with Gasteiger partial charge in [0, 0.05) is 13.1 Å². The zero-order valence-electron chi connectivity index (χ0n) is 15.6. The van der Waals surface area contributed by atoms with Gasteiger partial charge in [-0.05, 0) is 31.0 Å². The number of amides is 1. The number of benzene rings is 1. The van der Waals surface area contributed by atoms with Gasteiger partial charge in [0.05, 0.1) is 19.8 Å². The lowest BCUT2D eigenvalue weighted by Crippen LogP contribution is -2.35. The Morgan fingerprint density at radius 1 is 1.22 bits per heavy atom. The van der Waals surface area contributed by atoms with Crippen LogP contribution in [0.15, 0.2) is 23.1 Å². The van der Waals surface area contributed by atoms with Gasteiger partial charge in [0.25, 0.3) is 15.9 Å². The first-order valence-corrected chi connectivity index (χ1v) is 9.91. The standard InChI is InChI=1S/C17H24N2O7S/c1-19(25-3)27(22,23)15-10-12(8-9-14(15)24-2)17(21)26-11-16(20)18-13-6-4-5-7-13/h8-10,13H,4-7,11H2,1-3H3,(H,18,20). The van der Waals surface area contributed by atoms with E-state index in [0.29, 0.717) is 4.47 Å². The SMILES string of the molecule is COc1ccc(C(=O)OCC(=O)NC2CCCC2)cc1S(=O)(=O)N(C)OC. The normalized spacial score (nSPS) is 15.0. The minimum atomic E-state index is -4.04. The third-order valence-corrected chi connectivity index (χ3v) is 6.03. The van der Waals surface area contributed by atoms with E-state index in [1.165, 1.54) is 33.4 Å². The van der Waals surface area contributed by atoms with E-state index in [1.807, 2.05) is 0 Å². The molecular formula is C17H24N2O7S. The minimum absolute atomic E-state index is 0.0208. The first kappa shape index (κ1) is 21.1. The fraction of sp³-hybridized carbons (Fsp3) is 0.529. The molecular weight excluding hydrogens is 376 g/mol. The molecule has 1 aliphatic carbocycles. The summed E-state index contributed by atoms with van der Waals surface area (Å²) in [4.78, 5) is 28.6. The second kappa shape index (κ2) is 9.16. The van der Waals surface area contributed by atoms with E-state index in [9.17, 15) is 18.0 Å². The summed E-state index contributed by atoms with van der Waals surface area (Å²) in [5, 5.41) is 2.81. The van der Waals surface area contributed by atoms with Crippen LogP contribution in [0.4, 0.5) is 0 Å². The zero-order valence-corrected chi connectivity index (χ0v) is 16.4. The first-order chi connectivity index (χ1) is 12.8. The zero-order chi connectivity index (χ0) is 20.0. The van der Waals surface area contributed by atoms with Gasteiger partial charge < -0.3 is 14.8 Å². The summed E-state index contributed by atoms with van der Waals surface area (Å²) in [5.74, 6) is -1.14. The van der Waals surface area contributed by atoms with Crippen molar-refractivity contribution in [3.05, 3.63) is 23.8 Å². The Morgan fingerprint density at radius 2 is 1.89 bits per heavy atom. The van der Waals surface area contributed by atoms with Crippen molar-refractivity contribution in [2.45, 2.75) is 36.6 Å². The molecule has 0 spiro atoms. The molecule has 1 saturated carbocycles. The van der Waals surface area contributed by atoms with E-state index in [2.05, 4.69) is 5.32 Å². The predicted molar refractivity (Wildman–Crippen MR) is 95.6 cm³/mol. The van der Waals surface area contributed by atoms with Crippen molar-refractivity contribution in [1.29, 1.82) is 0 Å². The number of carbonyl (C=O) groups is 2. The number of ether oxygens (including phenoxy) is 2. The number of esters is 1. The van der Waals surface area contributed by atoms with Crippen LogP contribution in [0, 0.1) is 0 Å². The van der Waals surface area contributed by atoms with Gasteiger partial charge in [0.15, 0.2) is 6.61 Å². The molecule has 1 fully saturated rings. The maximum atomic E-state index is 12.5. The van der Waals surface area contributed by atoms with Crippen molar-refractivity contribution in [3.63, 3.8) is 0 Å². The number of hydrogen-bond donors (Lipinski definition) is 1. The van der Waals surface area contributed by atoms with Crippen molar-refractivity contribution in [3.8, 4) is 5.75 Å². The van der Waals surface area contributed by atoms with E-state index in [-0.39, 0.29) is 28.2 Å². The van der Waals surface area contributed by atoms with E-state index in [4.69, 9.17) is 14.3 Å². The topological polar surface area (TPSA) is 111 Å². The third kappa shape index (κ3) is 5.18. The van der Waals surface area contributed by atoms with Crippen LogP contribution >= 0.6 is 0 Å². The molecule has 150 valence electrons. The molecule has 0 heterocycles. The Kier molecular flexibility index (Phi) is 7.17. The summed E-state index contributed by atoms with van der Waals surface area (Å²) in [7, 11) is -0.309. The molecule has 0 saturated heterocycles. The lowest BCUT2D eigenvalue weighted by Gasteiger charge is -2.17. The van der Waals surface area contributed by atoms with Crippen molar-refractivity contribution in [2.75, 3.05) is 27.9 Å². The van der Waals surface area contributed by atoms with Crippen LogP contribution in [-0.4, -0.2) is 58.7 Å². The molecule has 0 bridgehead atoms. The fourth-order valence-electron chi connectivity index (χ4n) is 2.80. The van der Waals surface area contributed by atoms with Gasteiger partial charge in [-0.15, -0.1) is 0 Å². The number of nitrogens with one attached hydrogen (secondary N) is 1. The molecule has 10 heteroatoms. The molecule has 0 atom stereocenters. The Bertz CT molecular complexity index is 788. The summed E-state index contributed by atoms with van der Waals surface area (Å²) in [6, 6.07) is 3.95. The summed E-state index contributed by atoms with van der Waals surface area (Å²) < 4.78 is 35.7. The average molecular weight is 400 g/mol. The second-order valence-electron chi connectivity index (χ2n) is 6.09. The van der Waals surface area contributed by atoms with E-state index >= 15 is 0 Å². The molecule has 0 radical (unpaired) electrons. The van der Waals surface area contributed by atoms with E-state index in [0.717, 1.165) is 31.7 Å². The minimum Gasteiger partial charge on any atom is -0.495 e. The van der Waals surface area contributed by atoms with Crippen molar-refractivity contribution in [2.24, 2.45) is 0 Å². The Labute approximate surface area is 158 Å². The molecule has 9 nitrogen and oxygen atoms in total. The lowest BCUT2D eigenvalue weighted by molar-refractivity contribution is -0.124. The summed E-state index contributed by atoms with van der Waals surface area (Å²) >= 11 is 0. The smallest absolute Gasteiger partial charge is 0.338 e. The monoisotopic (exact) mass is 400 g/mol. The Morgan fingerprint density at radius 3 is 2.48 bits per heavy atom. The highest BCUT2D eigenvalue weighted by atomic mass is 32.2. The summed E-state index contributed by atoms with van der Waals surface area (Å²) in [6.45, 7) is -0.429. The van der Waals surface area contributed by atoms with Gasteiger partial charge in [-0.1, -0.05) is 17.3 Å². The van der Waals surface area contributed by atoms with Crippen LogP contribution in [0.5, 0.6) is 5.75 Å². The molecule has 27 heavy (non-hydrogen) atoms. The Balaban J connectivity index is 2.10. The summed E-state index contributed by atoms with van der Waals surface area (Å²) in [6.07, 6.45) is 3.99. The van der Waals surface area contributed by atoms with Crippen LogP contribution < -0.4 is 10.1 Å². The number of rotatable bonds is 8. The average Bonchev–Trinajstić information content (AvgIpc) is 3.17. The highest BCUT2D eigenvalue weighted by Gasteiger charge is 2.27. The third-order valence-electron chi connectivity index (χ3n) is 4.33. The number of sulfonamides is 1. The maximum absolute atomic E-state index is 12.5. The van der Waals surface area contributed by atoms with Crippen molar-refractivity contribution < 1.29 is 32.3 Å². The van der Waals surface area contributed by atoms with Crippen LogP contribution in [0.25, 0.3) is 0 Å². The first-order valence-electron chi connectivity index (χ1n) is 8.47. The molecule has 2 rings (SSSR count). The number of carbonyl (C=O) groups excluding carboxylic acids is 2. The number of hydrogen-bond acceptors (Lipinski definition) is 7. The van der Waals surface area contributed by atoms with Gasteiger partial charge in [-0.3, -0.25) is 9.63 Å². The number of nitrogens with zero attached hydrogens (tertiary/aromatic N) is 1. The van der Waals surface area contributed by atoms with Crippen LogP contribution in [-0.2, 0) is 24.4 Å². The highest BCUT2D eigenvalue weighted by molar-refractivity contribution is 7.89. The Hall–Kier alpha value is -2.17. The molecule has 0 aliphatic heterocycles. The molecule has 0 unspecified atom stereocenters. The van der Waals surface area contributed by atoms with Crippen LogP contribution in [0.3, 0.4) is 0 Å². The number of hydroxylamine groups is 1. The molecule has 1 aromatic carbocycles. The van der Waals surface area contributed by atoms with Crippen molar-refractivity contribution in [1.82, 2.24) is 9.79 Å². The maximum Gasteiger partial charge on any atom is 0.338 e. The molecule has 0 aromatic heterocycles. The molecule has 1 amide bonds. The van der Waals surface area contributed by atoms with Crippen molar-refractivity contribution >= 4 is 21.9 Å². The second-order valence-corrected chi connectivity index (χ2v) is 7.99. The van der Waals surface area contributed by atoms with Gasteiger partial charge >= 0.3 is 5.97 Å². The summed E-state index contributed by atoms with van der Waals surface area (Å²) in [5.41, 5.74) is -0.0208. The van der Waals surface area contributed by atoms with Crippen LogP contribution in [0.2, 0.25) is 0 Å². The molecule has 1 N–H and O–H groups in total. The molecule has 1 aromatic rings. The van der Waals surface area contributed by atoms with Gasteiger partial charge in [-0.2, -0.15) is 0 Å².